The third-order valence-electron chi connectivity index (χ3n) is 0.704. The van der Waals surface area contributed by atoms with Crippen LogP contribution in [0.15, 0.2) is 0 Å². The highest BCUT2D eigenvalue weighted by molar-refractivity contribution is 14.1. The summed E-state index contributed by atoms with van der Waals surface area (Å²) in [6.07, 6.45) is 0. The van der Waals surface area contributed by atoms with Crippen LogP contribution in [0.3, 0.4) is 0 Å². The van der Waals surface area contributed by atoms with Gasteiger partial charge in [0.25, 0.3) is 0 Å². The summed E-state index contributed by atoms with van der Waals surface area (Å²) in [5.74, 6) is 0. The van der Waals surface area contributed by atoms with E-state index < -0.39 is 0 Å². The molecule has 0 aromatic heterocycles. The molecule has 0 aliphatic carbocycles. The first-order valence-electron chi connectivity index (χ1n) is 2.23. The molecule has 0 radical (unpaired) electrons. The predicted molar refractivity (Wildman–Crippen MR) is 38.8 cm³/mol. The van der Waals surface area contributed by atoms with Gasteiger partial charge in [-0.25, -0.2) is 5.06 Å². The second-order valence-corrected chi connectivity index (χ2v) is 2.05. The van der Waals surface area contributed by atoms with Crippen molar-refractivity contribution >= 4 is 26.5 Å². The van der Waals surface area contributed by atoms with Gasteiger partial charge in [-0.2, -0.15) is 0 Å². The average molecular weight is 229 g/mol. The fourth-order valence-corrected chi connectivity index (χ4v) is 0.863. The lowest BCUT2D eigenvalue weighted by molar-refractivity contribution is -0.0712. The Kier molecular flexibility index (Phi) is 4.16. The zero-order valence-corrected chi connectivity index (χ0v) is 7.01. The van der Waals surface area contributed by atoms with Gasteiger partial charge in [0.1, 0.15) is 0 Å². The number of nitrogens with zero attached hydrogens (tertiary/aromatic N) is 1. The van der Waals surface area contributed by atoms with Gasteiger partial charge in [0, 0.05) is 29.1 Å². The summed E-state index contributed by atoms with van der Waals surface area (Å²) in [6.45, 7) is 2.44. The predicted octanol–water partition coefficient (Wildman–Crippen LogP) is 1.42. The van der Waals surface area contributed by atoms with E-state index in [4.69, 9.17) is 0 Å². The molecule has 8 heavy (non-hydrogen) atoms. The smallest absolute Gasteiger partial charge is 0.274 e. The third kappa shape index (κ3) is 2.46. The molecule has 0 aliphatic rings. The summed E-state index contributed by atoms with van der Waals surface area (Å²) in [5, 5.41) is 1.26. The van der Waals surface area contributed by atoms with Gasteiger partial charge in [0.15, 0.2) is 0 Å². The first-order chi connectivity index (χ1) is 3.72. The summed E-state index contributed by atoms with van der Waals surface area (Å²) < 4.78 is -0.0902. The van der Waals surface area contributed by atoms with E-state index in [2.05, 4.69) is 4.84 Å². The van der Waals surface area contributed by atoms with Gasteiger partial charge in [0.2, 0.25) is 0 Å². The minimum Gasteiger partial charge on any atom is -0.274 e. The maximum absolute atomic E-state index is 10.4. The molecule has 0 aliphatic heterocycles. The van der Waals surface area contributed by atoms with Crippen molar-refractivity contribution in [1.82, 2.24) is 5.06 Å². The van der Waals surface area contributed by atoms with Crippen molar-refractivity contribution in [1.29, 1.82) is 0 Å². The molecular formula is C4H8INO2. The van der Waals surface area contributed by atoms with Gasteiger partial charge in [-0.1, -0.05) is 0 Å². The van der Waals surface area contributed by atoms with Crippen molar-refractivity contribution in [3.05, 3.63) is 0 Å². The Morgan fingerprint density at radius 1 is 1.88 bits per heavy atom. The highest BCUT2D eigenvalue weighted by Crippen LogP contribution is 1.97. The minimum atomic E-state index is -0.0902. The molecule has 0 N–H and O–H groups in total. The van der Waals surface area contributed by atoms with Crippen molar-refractivity contribution in [3.63, 3.8) is 0 Å². The van der Waals surface area contributed by atoms with E-state index in [-0.39, 0.29) is 3.91 Å². The Morgan fingerprint density at radius 2 is 2.38 bits per heavy atom. The number of halogens is 1. The molecule has 0 rings (SSSR count). The molecule has 0 bridgehead atoms. The molecule has 0 aromatic carbocycles. The summed E-state index contributed by atoms with van der Waals surface area (Å²) >= 11 is 1.67. The Bertz CT molecular complexity index is 82.1. The van der Waals surface area contributed by atoms with Gasteiger partial charge in [-0.05, 0) is 6.92 Å². The molecule has 0 heterocycles. The number of hydrogen-bond donors (Lipinski definition) is 0. The minimum absolute atomic E-state index is 0.0902. The molecule has 0 saturated carbocycles. The Labute approximate surface area is 62.1 Å². The van der Waals surface area contributed by atoms with E-state index in [1.54, 1.807) is 22.6 Å². The number of hydroxylamine groups is 2. The van der Waals surface area contributed by atoms with Crippen molar-refractivity contribution in [2.24, 2.45) is 0 Å². The highest BCUT2D eigenvalue weighted by Gasteiger charge is 2.03. The van der Waals surface area contributed by atoms with E-state index in [0.717, 1.165) is 0 Å². The van der Waals surface area contributed by atoms with Crippen LogP contribution in [0.25, 0.3) is 0 Å². The van der Waals surface area contributed by atoms with Crippen LogP contribution in [0.4, 0.5) is 4.79 Å². The molecule has 4 heteroatoms. The lowest BCUT2D eigenvalue weighted by Crippen LogP contribution is -2.23. The fraction of sp³-hybridized carbons (Fsp3) is 0.750. The first-order valence-corrected chi connectivity index (χ1v) is 3.31. The van der Waals surface area contributed by atoms with Crippen molar-refractivity contribution < 1.29 is 9.63 Å². The summed E-state index contributed by atoms with van der Waals surface area (Å²) in [7, 11) is 1.47. The molecular weight excluding hydrogens is 221 g/mol. The second kappa shape index (κ2) is 4.08. The summed E-state index contributed by atoms with van der Waals surface area (Å²) in [6, 6.07) is 0. The fourth-order valence-electron chi connectivity index (χ4n) is 0.325. The van der Waals surface area contributed by atoms with Gasteiger partial charge < -0.3 is 0 Å². The van der Waals surface area contributed by atoms with Crippen molar-refractivity contribution in [2.45, 2.75) is 6.92 Å². The summed E-state index contributed by atoms with van der Waals surface area (Å²) in [5.41, 5.74) is 0. The van der Waals surface area contributed by atoms with Crippen LogP contribution in [0, 0.1) is 0 Å². The molecule has 0 saturated heterocycles. The monoisotopic (exact) mass is 229 g/mol. The second-order valence-electron chi connectivity index (χ2n) is 1.13. The SMILES string of the molecule is CCN(OC)C(=O)I. The lowest BCUT2D eigenvalue weighted by Gasteiger charge is -2.12. The molecule has 0 unspecified atom stereocenters. The Hall–Kier alpha value is 0.160. The van der Waals surface area contributed by atoms with Crippen molar-refractivity contribution in [2.75, 3.05) is 13.7 Å². The molecule has 1 amide bonds. The normalized spacial score (nSPS) is 8.88. The maximum atomic E-state index is 10.4. The largest absolute Gasteiger partial charge is 0.306 e. The van der Waals surface area contributed by atoms with E-state index in [1.165, 1.54) is 12.2 Å². The molecule has 0 atom stereocenters. The highest BCUT2D eigenvalue weighted by atomic mass is 127. The zero-order valence-electron chi connectivity index (χ0n) is 4.85. The van der Waals surface area contributed by atoms with Gasteiger partial charge >= 0.3 is 3.91 Å². The molecule has 48 valence electrons. The topological polar surface area (TPSA) is 29.5 Å². The number of amides is 1. The van der Waals surface area contributed by atoms with Crippen LogP contribution in [0.2, 0.25) is 0 Å². The van der Waals surface area contributed by atoms with Gasteiger partial charge in [-0.15, -0.1) is 0 Å². The van der Waals surface area contributed by atoms with Gasteiger partial charge in [-0.3, -0.25) is 9.63 Å². The molecule has 0 aromatic rings. The standard InChI is InChI=1S/C4H8INO2/c1-3-6(8-2)4(5)7/h3H2,1-2H3. The van der Waals surface area contributed by atoms with Crippen LogP contribution >= 0.6 is 22.6 Å². The van der Waals surface area contributed by atoms with Crippen LogP contribution in [0.1, 0.15) is 6.92 Å². The van der Waals surface area contributed by atoms with E-state index in [1.807, 2.05) is 6.92 Å². The van der Waals surface area contributed by atoms with Crippen LogP contribution < -0.4 is 0 Å². The quantitative estimate of drug-likeness (QED) is 0.310. The zero-order chi connectivity index (χ0) is 6.57. The maximum Gasteiger partial charge on any atom is 0.306 e. The Balaban J connectivity index is 3.52. The number of hydrogen-bond acceptors (Lipinski definition) is 2. The van der Waals surface area contributed by atoms with Crippen molar-refractivity contribution in [3.8, 4) is 0 Å². The molecule has 0 fully saturated rings. The van der Waals surface area contributed by atoms with E-state index >= 15 is 0 Å². The first kappa shape index (κ1) is 8.16. The number of carbonyl (C=O) groups excluding carboxylic acids is 1. The van der Waals surface area contributed by atoms with Crippen LogP contribution in [0.5, 0.6) is 0 Å². The Morgan fingerprint density at radius 3 is 2.38 bits per heavy atom. The molecule has 3 nitrogen and oxygen atoms in total. The van der Waals surface area contributed by atoms with E-state index in [9.17, 15) is 4.79 Å². The van der Waals surface area contributed by atoms with Gasteiger partial charge in [0.05, 0.1) is 7.11 Å². The summed E-state index contributed by atoms with van der Waals surface area (Å²) in [4.78, 5) is 15.0. The van der Waals surface area contributed by atoms with Crippen LogP contribution in [-0.2, 0) is 4.84 Å². The average Bonchev–Trinajstić information content (AvgIpc) is 1.69. The molecule has 0 spiro atoms. The number of carbonyl (C=O) groups is 1. The lowest BCUT2D eigenvalue weighted by atomic mass is 10.8. The van der Waals surface area contributed by atoms with Crippen LogP contribution in [-0.4, -0.2) is 22.6 Å². The third-order valence-corrected chi connectivity index (χ3v) is 1.24. The number of rotatable bonds is 2. The van der Waals surface area contributed by atoms with E-state index in [0.29, 0.717) is 6.54 Å².